The third kappa shape index (κ3) is 3.28. The minimum Gasteiger partial charge on any atom is -0.373 e. The second-order valence-electron chi connectivity index (χ2n) is 5.52. The van der Waals surface area contributed by atoms with Gasteiger partial charge in [-0.15, -0.1) is 0 Å². The van der Waals surface area contributed by atoms with Crippen molar-refractivity contribution in [2.24, 2.45) is 5.92 Å². The van der Waals surface area contributed by atoms with Crippen LogP contribution >= 0.6 is 15.9 Å². The Bertz CT molecular complexity index is 619. The van der Waals surface area contributed by atoms with Gasteiger partial charge in [-0.1, -0.05) is 36.4 Å². The van der Waals surface area contributed by atoms with Crippen molar-refractivity contribution >= 4 is 26.7 Å². The zero-order valence-electron chi connectivity index (χ0n) is 11.8. The second-order valence-corrected chi connectivity index (χ2v) is 6.31. The molecule has 0 radical (unpaired) electrons. The lowest BCUT2D eigenvalue weighted by atomic mass is 9.97. The van der Waals surface area contributed by atoms with Crippen LogP contribution in [0.15, 0.2) is 40.9 Å². The summed E-state index contributed by atoms with van der Waals surface area (Å²) < 4.78 is 20.1. The van der Waals surface area contributed by atoms with Crippen LogP contribution in [-0.2, 0) is 11.3 Å². The Kier molecular flexibility index (Phi) is 4.88. The first kappa shape index (κ1) is 14.9. The van der Waals surface area contributed by atoms with E-state index in [-0.39, 0.29) is 18.7 Å². The first-order valence-electron chi connectivity index (χ1n) is 7.34. The predicted octanol–water partition coefficient (Wildman–Crippen LogP) is 4.07. The Morgan fingerprint density at radius 3 is 2.95 bits per heavy atom. The van der Waals surface area contributed by atoms with E-state index in [1.54, 1.807) is 0 Å². The van der Waals surface area contributed by atoms with Crippen LogP contribution in [0.1, 0.15) is 12.0 Å². The molecule has 2 nitrogen and oxygen atoms in total. The molecule has 1 aliphatic heterocycles. The summed E-state index contributed by atoms with van der Waals surface area (Å²) >= 11 is 3.67. The van der Waals surface area contributed by atoms with E-state index in [0.717, 1.165) is 23.0 Å². The van der Waals surface area contributed by atoms with E-state index in [1.807, 2.05) is 12.1 Å². The number of alkyl halides is 1. The molecule has 1 fully saturated rings. The van der Waals surface area contributed by atoms with Gasteiger partial charge >= 0.3 is 0 Å². The van der Waals surface area contributed by atoms with Crippen LogP contribution in [0.25, 0.3) is 10.8 Å². The number of benzene rings is 2. The number of piperidine rings is 1. The van der Waals surface area contributed by atoms with E-state index >= 15 is 0 Å². The molecule has 0 spiro atoms. The third-order valence-electron chi connectivity index (χ3n) is 4.13. The van der Waals surface area contributed by atoms with Crippen LogP contribution in [0.5, 0.6) is 0 Å². The topological polar surface area (TPSA) is 21.3 Å². The molecule has 0 amide bonds. The number of halogens is 2. The zero-order valence-corrected chi connectivity index (χ0v) is 13.4. The first-order chi connectivity index (χ1) is 10.3. The van der Waals surface area contributed by atoms with Gasteiger partial charge in [0.1, 0.15) is 0 Å². The van der Waals surface area contributed by atoms with Crippen molar-refractivity contribution in [3.63, 3.8) is 0 Å². The maximum atomic E-state index is 13.0. The fourth-order valence-corrected chi connectivity index (χ4v) is 3.47. The minimum atomic E-state index is -0.323. The van der Waals surface area contributed by atoms with Crippen LogP contribution in [-0.4, -0.2) is 25.9 Å². The number of hydrogen-bond donors (Lipinski definition) is 1. The highest BCUT2D eigenvalue weighted by atomic mass is 79.9. The van der Waals surface area contributed by atoms with Gasteiger partial charge in [-0.3, -0.25) is 4.39 Å². The average Bonchev–Trinajstić information content (AvgIpc) is 2.55. The average molecular weight is 352 g/mol. The Labute approximate surface area is 132 Å². The molecule has 2 unspecified atom stereocenters. The molecule has 0 bridgehead atoms. The molecule has 1 saturated heterocycles. The Morgan fingerprint density at radius 2 is 2.10 bits per heavy atom. The highest BCUT2D eigenvalue weighted by molar-refractivity contribution is 9.10. The molecule has 4 heteroatoms. The molecule has 3 rings (SSSR count). The second kappa shape index (κ2) is 6.86. The SMILES string of the molecule is FCC1CNCCC1OCc1ccc2ccccc2c1Br. The summed E-state index contributed by atoms with van der Waals surface area (Å²) in [5.74, 6) is -0.0296. The van der Waals surface area contributed by atoms with Gasteiger partial charge in [-0.05, 0) is 45.2 Å². The minimum absolute atomic E-state index is 0.00891. The lowest BCUT2D eigenvalue weighted by Crippen LogP contribution is -2.42. The van der Waals surface area contributed by atoms with Crippen molar-refractivity contribution in [1.29, 1.82) is 0 Å². The van der Waals surface area contributed by atoms with E-state index < -0.39 is 0 Å². The van der Waals surface area contributed by atoms with Crippen molar-refractivity contribution in [2.45, 2.75) is 19.1 Å². The van der Waals surface area contributed by atoms with Crippen LogP contribution in [0, 0.1) is 5.92 Å². The van der Waals surface area contributed by atoms with Gasteiger partial charge in [0, 0.05) is 16.9 Å². The standard InChI is InChI=1S/C17H19BrFNO/c18-17-13(6-5-12-3-1-2-4-15(12)17)11-21-16-7-8-20-10-14(16)9-19/h1-6,14,16,20H,7-11H2. The zero-order chi connectivity index (χ0) is 14.7. The molecule has 0 saturated carbocycles. The molecular weight excluding hydrogens is 333 g/mol. The van der Waals surface area contributed by atoms with Gasteiger partial charge in [-0.2, -0.15) is 0 Å². The normalized spacial score (nSPS) is 22.6. The summed E-state index contributed by atoms with van der Waals surface area (Å²) in [5.41, 5.74) is 1.12. The van der Waals surface area contributed by atoms with Gasteiger partial charge in [0.25, 0.3) is 0 Å². The van der Waals surface area contributed by atoms with E-state index in [4.69, 9.17) is 4.74 Å². The highest BCUT2D eigenvalue weighted by Crippen LogP contribution is 2.29. The summed E-state index contributed by atoms with van der Waals surface area (Å²) in [6.07, 6.45) is 0.884. The molecule has 1 N–H and O–H groups in total. The van der Waals surface area contributed by atoms with Crippen molar-refractivity contribution in [2.75, 3.05) is 19.8 Å². The number of hydrogen-bond acceptors (Lipinski definition) is 2. The van der Waals surface area contributed by atoms with E-state index in [0.29, 0.717) is 13.2 Å². The number of ether oxygens (including phenoxy) is 1. The van der Waals surface area contributed by atoms with Crippen molar-refractivity contribution in [3.8, 4) is 0 Å². The van der Waals surface area contributed by atoms with Gasteiger partial charge in [-0.25, -0.2) is 0 Å². The summed E-state index contributed by atoms with van der Waals surface area (Å²) in [6, 6.07) is 12.4. The molecule has 21 heavy (non-hydrogen) atoms. The van der Waals surface area contributed by atoms with Crippen molar-refractivity contribution in [3.05, 3.63) is 46.4 Å². The predicted molar refractivity (Wildman–Crippen MR) is 87.2 cm³/mol. The highest BCUT2D eigenvalue weighted by Gasteiger charge is 2.25. The van der Waals surface area contributed by atoms with Gasteiger partial charge in [0.15, 0.2) is 0 Å². The van der Waals surface area contributed by atoms with Gasteiger partial charge in [0.05, 0.1) is 19.4 Å². The molecule has 1 heterocycles. The summed E-state index contributed by atoms with van der Waals surface area (Å²) in [7, 11) is 0. The summed E-state index contributed by atoms with van der Waals surface area (Å²) in [5, 5.41) is 5.61. The third-order valence-corrected chi connectivity index (χ3v) is 5.07. The van der Waals surface area contributed by atoms with Crippen LogP contribution < -0.4 is 5.32 Å². The lowest BCUT2D eigenvalue weighted by molar-refractivity contribution is -0.0220. The Morgan fingerprint density at radius 1 is 1.24 bits per heavy atom. The van der Waals surface area contributed by atoms with E-state index in [2.05, 4.69) is 45.5 Å². The molecule has 2 aromatic carbocycles. The molecule has 112 valence electrons. The molecular formula is C17H19BrFNO. The summed E-state index contributed by atoms with van der Waals surface area (Å²) in [6.45, 7) is 1.81. The summed E-state index contributed by atoms with van der Waals surface area (Å²) in [4.78, 5) is 0. The Hall–Kier alpha value is -0.970. The first-order valence-corrected chi connectivity index (χ1v) is 8.13. The van der Waals surface area contributed by atoms with Crippen LogP contribution in [0.4, 0.5) is 4.39 Å². The van der Waals surface area contributed by atoms with Crippen LogP contribution in [0.2, 0.25) is 0 Å². The molecule has 0 aromatic heterocycles. The number of rotatable bonds is 4. The fourth-order valence-electron chi connectivity index (χ4n) is 2.86. The smallest absolute Gasteiger partial charge is 0.0959 e. The number of fused-ring (bicyclic) bond motifs is 1. The largest absolute Gasteiger partial charge is 0.373 e. The maximum Gasteiger partial charge on any atom is 0.0959 e. The fraction of sp³-hybridized carbons (Fsp3) is 0.412. The Balaban J connectivity index is 1.74. The van der Waals surface area contributed by atoms with Crippen molar-refractivity contribution < 1.29 is 9.13 Å². The quantitative estimate of drug-likeness (QED) is 0.896. The molecule has 1 aliphatic rings. The molecule has 2 aromatic rings. The van der Waals surface area contributed by atoms with Crippen LogP contribution in [0.3, 0.4) is 0 Å². The number of nitrogens with one attached hydrogen (secondary N) is 1. The molecule has 0 aliphatic carbocycles. The molecule has 2 atom stereocenters. The van der Waals surface area contributed by atoms with E-state index in [1.165, 1.54) is 10.8 Å². The van der Waals surface area contributed by atoms with Crippen molar-refractivity contribution in [1.82, 2.24) is 5.32 Å². The lowest BCUT2D eigenvalue weighted by Gasteiger charge is -2.30. The monoisotopic (exact) mass is 351 g/mol. The maximum absolute atomic E-state index is 13.0. The van der Waals surface area contributed by atoms with Gasteiger partial charge in [0.2, 0.25) is 0 Å². The van der Waals surface area contributed by atoms with Gasteiger partial charge < -0.3 is 10.1 Å². The van der Waals surface area contributed by atoms with E-state index in [9.17, 15) is 4.39 Å².